The Bertz CT molecular complexity index is 903. The molecule has 1 saturated heterocycles. The molecule has 1 aliphatic heterocycles. The SMILES string of the molecule is O=C1N[C@H]2CC(C(=O)N[C@H](c3c(F)ccc(Cl)c3F)C34CCC(F)(CC3)C4)C[C@H]2O1. The van der Waals surface area contributed by atoms with Gasteiger partial charge in [0.05, 0.1) is 17.1 Å². The van der Waals surface area contributed by atoms with E-state index < -0.39 is 40.8 Å². The minimum Gasteiger partial charge on any atom is -0.444 e. The van der Waals surface area contributed by atoms with Crippen LogP contribution in [0.15, 0.2) is 12.1 Å². The largest absolute Gasteiger partial charge is 0.444 e. The van der Waals surface area contributed by atoms with Crippen molar-refractivity contribution in [3.63, 3.8) is 0 Å². The molecule has 162 valence electrons. The van der Waals surface area contributed by atoms with Gasteiger partial charge in [-0.2, -0.15) is 0 Å². The number of hydrogen-bond donors (Lipinski definition) is 2. The highest BCUT2D eigenvalue weighted by Gasteiger charge is 2.60. The quantitative estimate of drug-likeness (QED) is 0.682. The van der Waals surface area contributed by atoms with Gasteiger partial charge in [-0.05, 0) is 62.5 Å². The number of nitrogens with one attached hydrogen (secondary N) is 2. The van der Waals surface area contributed by atoms with Gasteiger partial charge in [-0.1, -0.05) is 11.6 Å². The van der Waals surface area contributed by atoms with Crippen LogP contribution in [0.5, 0.6) is 0 Å². The van der Waals surface area contributed by atoms with Crippen molar-refractivity contribution in [2.75, 3.05) is 0 Å². The Labute approximate surface area is 176 Å². The van der Waals surface area contributed by atoms with Crippen LogP contribution in [-0.4, -0.2) is 29.8 Å². The van der Waals surface area contributed by atoms with Crippen LogP contribution in [0.4, 0.5) is 18.0 Å². The molecular weight excluding hydrogens is 421 g/mol. The number of amides is 2. The highest BCUT2D eigenvalue weighted by atomic mass is 35.5. The fraction of sp³-hybridized carbons (Fsp3) is 0.619. The van der Waals surface area contributed by atoms with E-state index in [2.05, 4.69) is 10.6 Å². The lowest BCUT2D eigenvalue weighted by Gasteiger charge is -2.37. The summed E-state index contributed by atoms with van der Waals surface area (Å²) in [5.41, 5.74) is -2.41. The van der Waals surface area contributed by atoms with Crippen molar-refractivity contribution >= 4 is 23.6 Å². The number of carbonyl (C=O) groups is 2. The second-order valence-corrected chi connectivity index (χ2v) is 9.66. The molecule has 2 N–H and O–H groups in total. The van der Waals surface area contributed by atoms with Crippen molar-refractivity contribution in [1.82, 2.24) is 10.6 Å². The van der Waals surface area contributed by atoms with Gasteiger partial charge in [0.25, 0.3) is 0 Å². The third-order valence-corrected chi connectivity index (χ3v) is 7.81. The first-order valence-corrected chi connectivity index (χ1v) is 10.7. The van der Waals surface area contributed by atoms with Crippen LogP contribution < -0.4 is 10.6 Å². The molecule has 5 rings (SSSR count). The molecule has 9 heteroatoms. The maximum atomic E-state index is 15.0. The lowest BCUT2D eigenvalue weighted by atomic mass is 9.74. The monoisotopic (exact) mass is 442 g/mol. The Hall–Kier alpha value is -1.96. The van der Waals surface area contributed by atoms with Gasteiger partial charge in [-0.3, -0.25) is 4.79 Å². The molecule has 5 nitrogen and oxygen atoms in total. The first kappa shape index (κ1) is 20.0. The molecule has 1 aromatic carbocycles. The predicted octanol–water partition coefficient (Wildman–Crippen LogP) is 4.33. The van der Waals surface area contributed by atoms with Crippen LogP contribution in [0.2, 0.25) is 5.02 Å². The number of ether oxygens (including phenoxy) is 1. The molecule has 4 fully saturated rings. The Balaban J connectivity index is 1.45. The Morgan fingerprint density at radius 1 is 1.23 bits per heavy atom. The summed E-state index contributed by atoms with van der Waals surface area (Å²) >= 11 is 5.92. The first-order valence-electron chi connectivity index (χ1n) is 10.3. The second-order valence-electron chi connectivity index (χ2n) is 9.25. The highest BCUT2D eigenvalue weighted by molar-refractivity contribution is 6.30. The molecule has 0 spiro atoms. The van der Waals surface area contributed by atoms with Crippen molar-refractivity contribution in [3.05, 3.63) is 34.4 Å². The maximum absolute atomic E-state index is 15.0. The van der Waals surface area contributed by atoms with Gasteiger partial charge < -0.3 is 15.4 Å². The molecule has 30 heavy (non-hydrogen) atoms. The summed E-state index contributed by atoms with van der Waals surface area (Å²) in [6.07, 6.45) is 1.50. The number of alkyl carbamates (subject to hydrolysis) is 1. The van der Waals surface area contributed by atoms with Gasteiger partial charge in [-0.25, -0.2) is 18.0 Å². The number of halogens is 4. The van der Waals surface area contributed by atoms with E-state index in [1.54, 1.807) is 0 Å². The molecule has 1 aromatic rings. The van der Waals surface area contributed by atoms with Crippen molar-refractivity contribution in [3.8, 4) is 0 Å². The van der Waals surface area contributed by atoms with E-state index in [-0.39, 0.29) is 35.1 Å². The summed E-state index contributed by atoms with van der Waals surface area (Å²) in [7, 11) is 0. The van der Waals surface area contributed by atoms with Crippen LogP contribution in [0.1, 0.15) is 56.6 Å². The number of rotatable bonds is 4. The van der Waals surface area contributed by atoms with Crippen molar-refractivity contribution in [2.24, 2.45) is 11.3 Å². The van der Waals surface area contributed by atoms with Gasteiger partial charge in [0, 0.05) is 11.5 Å². The number of hydrogen-bond acceptors (Lipinski definition) is 3. The second kappa shape index (κ2) is 6.77. The summed E-state index contributed by atoms with van der Waals surface area (Å²) in [5, 5.41) is 5.28. The molecule has 1 heterocycles. The van der Waals surface area contributed by atoms with E-state index in [0.29, 0.717) is 38.5 Å². The number of fused-ring (bicyclic) bond motifs is 3. The lowest BCUT2D eigenvalue weighted by molar-refractivity contribution is -0.127. The molecule has 3 saturated carbocycles. The summed E-state index contributed by atoms with van der Waals surface area (Å²) in [5.74, 6) is -2.57. The minimum absolute atomic E-state index is 0.158. The lowest BCUT2D eigenvalue weighted by Crippen LogP contribution is -2.42. The van der Waals surface area contributed by atoms with Gasteiger partial charge >= 0.3 is 6.09 Å². The molecule has 4 atom stereocenters. The van der Waals surface area contributed by atoms with Crippen LogP contribution in [0.25, 0.3) is 0 Å². The smallest absolute Gasteiger partial charge is 0.407 e. The van der Waals surface area contributed by atoms with E-state index in [1.165, 1.54) is 0 Å². The van der Waals surface area contributed by atoms with Crippen LogP contribution in [-0.2, 0) is 9.53 Å². The van der Waals surface area contributed by atoms with Gasteiger partial charge in [-0.15, -0.1) is 0 Å². The third-order valence-electron chi connectivity index (χ3n) is 7.51. The maximum Gasteiger partial charge on any atom is 0.407 e. The summed E-state index contributed by atoms with van der Waals surface area (Å²) in [6, 6.07) is 0.945. The Morgan fingerprint density at radius 2 is 1.97 bits per heavy atom. The zero-order valence-corrected chi connectivity index (χ0v) is 16.9. The average Bonchev–Trinajstić information content (AvgIpc) is 3.41. The summed E-state index contributed by atoms with van der Waals surface area (Å²) in [6.45, 7) is 0. The Morgan fingerprint density at radius 3 is 2.60 bits per heavy atom. The van der Waals surface area contributed by atoms with E-state index >= 15 is 0 Å². The number of benzene rings is 1. The minimum atomic E-state index is -1.35. The first-order chi connectivity index (χ1) is 14.2. The average molecular weight is 443 g/mol. The van der Waals surface area contributed by atoms with E-state index in [4.69, 9.17) is 16.3 Å². The molecular formula is C21H22ClF3N2O3. The molecule has 0 aromatic heterocycles. The van der Waals surface area contributed by atoms with Crippen molar-refractivity contribution in [2.45, 2.75) is 68.8 Å². The van der Waals surface area contributed by atoms with E-state index in [9.17, 15) is 22.8 Å². The predicted molar refractivity (Wildman–Crippen MR) is 102 cm³/mol. The van der Waals surface area contributed by atoms with Crippen LogP contribution in [0.3, 0.4) is 0 Å². The standard InChI is InChI=1S/C21H22ClF3N2O3/c22-11-1-2-12(23)15(16(11)24)17(20-3-5-21(25,9-20)6-4-20)27-18(28)10-7-13-14(8-10)30-19(29)26-13/h1-2,10,13-14,17H,3-9H2,(H,26,29)(H,27,28)/t10?,13-,14+,17+,20?,21?/m0/s1. The Kier molecular flexibility index (Phi) is 4.51. The molecule has 2 amide bonds. The zero-order valence-electron chi connectivity index (χ0n) is 16.2. The van der Waals surface area contributed by atoms with Gasteiger partial charge in [0.1, 0.15) is 23.4 Å². The topological polar surface area (TPSA) is 67.4 Å². The van der Waals surface area contributed by atoms with E-state index in [0.717, 1.165) is 12.1 Å². The van der Waals surface area contributed by atoms with Gasteiger partial charge in [0.15, 0.2) is 0 Å². The summed E-state index contributed by atoms with van der Waals surface area (Å²) in [4.78, 5) is 24.4. The normalized spacial score (nSPS) is 37.6. The van der Waals surface area contributed by atoms with Crippen LogP contribution in [0, 0.1) is 23.0 Å². The fourth-order valence-electron chi connectivity index (χ4n) is 5.99. The molecule has 0 radical (unpaired) electrons. The van der Waals surface area contributed by atoms with Crippen LogP contribution >= 0.6 is 11.6 Å². The van der Waals surface area contributed by atoms with E-state index in [1.807, 2.05) is 0 Å². The zero-order chi connectivity index (χ0) is 21.3. The van der Waals surface area contributed by atoms with Gasteiger partial charge in [0.2, 0.25) is 5.91 Å². The molecule has 3 aliphatic carbocycles. The van der Waals surface area contributed by atoms with Crippen molar-refractivity contribution < 1.29 is 27.5 Å². The molecule has 2 bridgehead atoms. The third kappa shape index (κ3) is 3.06. The highest BCUT2D eigenvalue weighted by Crippen LogP contribution is 2.63. The number of alkyl halides is 1. The molecule has 1 unspecified atom stereocenters. The van der Waals surface area contributed by atoms with Crippen molar-refractivity contribution in [1.29, 1.82) is 0 Å². The summed E-state index contributed by atoms with van der Waals surface area (Å²) < 4.78 is 49.8. The molecule has 4 aliphatic rings. The number of carbonyl (C=O) groups excluding carboxylic acids is 2. The fourth-order valence-corrected chi connectivity index (χ4v) is 6.15.